The van der Waals surface area contributed by atoms with Gasteiger partial charge >= 0.3 is 35.8 Å². The molecule has 0 amide bonds. The van der Waals surface area contributed by atoms with Crippen LogP contribution in [0, 0.1) is 0 Å². The predicted molar refractivity (Wildman–Crippen MR) is 121 cm³/mol. The van der Waals surface area contributed by atoms with Crippen molar-refractivity contribution in [3.05, 3.63) is 69.8 Å². The van der Waals surface area contributed by atoms with E-state index in [1.807, 2.05) is 0 Å². The second-order valence-corrected chi connectivity index (χ2v) is 7.66. The van der Waals surface area contributed by atoms with Crippen LogP contribution in [0.2, 0.25) is 0 Å². The summed E-state index contributed by atoms with van der Waals surface area (Å²) in [4.78, 5) is 70.6. The Morgan fingerprint density at radius 1 is 0.306 bits per heavy atom. The fourth-order valence-corrected chi connectivity index (χ4v) is 4.20. The molecule has 12 heteroatoms. The summed E-state index contributed by atoms with van der Waals surface area (Å²) in [7, 11) is 0. The van der Waals surface area contributed by atoms with Crippen molar-refractivity contribution >= 4 is 68.1 Å². The van der Waals surface area contributed by atoms with Gasteiger partial charge in [-0.25, -0.2) is 28.8 Å². The van der Waals surface area contributed by atoms with Gasteiger partial charge in [0.05, 0.1) is 33.4 Å². The molecule has 0 aliphatic rings. The quantitative estimate of drug-likeness (QED) is 0.213. The number of aromatic carboxylic acids is 6. The van der Waals surface area contributed by atoms with E-state index in [2.05, 4.69) is 0 Å². The minimum atomic E-state index is -1.62. The lowest BCUT2D eigenvalue weighted by atomic mass is 9.87. The fourth-order valence-electron chi connectivity index (χ4n) is 4.20. The van der Waals surface area contributed by atoms with E-state index in [1.165, 1.54) is 0 Å². The van der Waals surface area contributed by atoms with Crippen molar-refractivity contribution in [2.75, 3.05) is 0 Å². The molecule has 36 heavy (non-hydrogen) atoms. The zero-order valence-electron chi connectivity index (χ0n) is 17.6. The Morgan fingerprint density at radius 3 is 0.500 bits per heavy atom. The van der Waals surface area contributed by atoms with Crippen LogP contribution >= 0.6 is 0 Å². The molecule has 4 rings (SSSR count). The number of carboxylic acid groups (broad SMARTS) is 6. The minimum absolute atomic E-state index is 0.0150. The van der Waals surface area contributed by atoms with Gasteiger partial charge in [-0.15, -0.1) is 0 Å². The van der Waals surface area contributed by atoms with Crippen LogP contribution in [0.4, 0.5) is 0 Å². The number of carboxylic acids is 6. The highest BCUT2D eigenvalue weighted by atomic mass is 16.4. The summed E-state index contributed by atoms with van der Waals surface area (Å²) in [5, 5.41) is 57.2. The van der Waals surface area contributed by atoms with E-state index < -0.39 is 69.2 Å². The number of hydrogen-bond acceptors (Lipinski definition) is 6. The molecule has 12 nitrogen and oxygen atoms in total. The molecule has 0 aliphatic heterocycles. The van der Waals surface area contributed by atoms with Crippen LogP contribution in [0.1, 0.15) is 62.1 Å². The van der Waals surface area contributed by atoms with Crippen molar-refractivity contribution in [3.63, 3.8) is 0 Å². The molecule has 0 fully saturated rings. The lowest BCUT2D eigenvalue weighted by Crippen LogP contribution is -2.11. The van der Waals surface area contributed by atoms with Gasteiger partial charge in [0.2, 0.25) is 0 Å². The van der Waals surface area contributed by atoms with Crippen molar-refractivity contribution < 1.29 is 59.4 Å². The van der Waals surface area contributed by atoms with E-state index in [9.17, 15) is 59.4 Å². The van der Waals surface area contributed by atoms with Crippen molar-refractivity contribution in [3.8, 4) is 0 Å². The highest BCUT2D eigenvalue weighted by Crippen LogP contribution is 2.39. The largest absolute Gasteiger partial charge is 0.478 e. The summed E-state index contributed by atoms with van der Waals surface area (Å²) >= 11 is 0. The molecular weight excluding hydrogens is 480 g/mol. The van der Waals surface area contributed by atoms with Gasteiger partial charge in [0.25, 0.3) is 0 Å². The summed E-state index contributed by atoms with van der Waals surface area (Å²) in [5.41, 5.74) is -3.94. The summed E-state index contributed by atoms with van der Waals surface area (Å²) < 4.78 is 0. The average Bonchev–Trinajstić information content (AvgIpc) is 2.81. The number of hydrogen-bond donors (Lipinski definition) is 6. The van der Waals surface area contributed by atoms with Gasteiger partial charge in [-0.1, -0.05) is 0 Å². The second-order valence-electron chi connectivity index (χ2n) is 7.66. The van der Waals surface area contributed by atoms with Crippen LogP contribution in [0.25, 0.3) is 32.3 Å². The highest BCUT2D eigenvalue weighted by Gasteiger charge is 2.25. The SMILES string of the molecule is O=C(O)c1cc2c3cc(C(=O)O)c(C(=O)O)cc3c3cc(C(=O)O)c(C(=O)O)cc3c2cc1C(=O)O. The Hall–Kier alpha value is -5.52. The fraction of sp³-hybridized carbons (Fsp3) is 0. The van der Waals surface area contributed by atoms with Gasteiger partial charge in [-0.3, -0.25) is 0 Å². The molecule has 0 bridgehead atoms. The van der Waals surface area contributed by atoms with E-state index in [-0.39, 0.29) is 32.3 Å². The van der Waals surface area contributed by atoms with Crippen molar-refractivity contribution in [1.29, 1.82) is 0 Å². The molecule has 4 aromatic rings. The summed E-state index contributed by atoms with van der Waals surface area (Å²) in [6, 6.07) is 5.75. The van der Waals surface area contributed by atoms with Crippen LogP contribution in [0.3, 0.4) is 0 Å². The normalized spacial score (nSPS) is 11.0. The van der Waals surface area contributed by atoms with Crippen LogP contribution in [0.5, 0.6) is 0 Å². The monoisotopic (exact) mass is 492 g/mol. The third-order valence-electron chi connectivity index (χ3n) is 5.73. The molecule has 180 valence electrons. The zero-order chi connectivity index (χ0) is 26.6. The first kappa shape index (κ1) is 23.6. The maximum Gasteiger partial charge on any atom is 0.336 e. The van der Waals surface area contributed by atoms with E-state index in [4.69, 9.17) is 0 Å². The third-order valence-corrected chi connectivity index (χ3v) is 5.73. The lowest BCUT2D eigenvalue weighted by molar-refractivity contribution is 0.0651. The zero-order valence-corrected chi connectivity index (χ0v) is 17.6. The molecule has 0 saturated heterocycles. The molecule has 0 aromatic heterocycles. The topological polar surface area (TPSA) is 224 Å². The predicted octanol–water partition coefficient (Wildman–Crippen LogP) is 3.34. The summed E-state index contributed by atoms with van der Waals surface area (Å²) in [6.45, 7) is 0. The molecule has 0 unspecified atom stereocenters. The first-order valence-corrected chi connectivity index (χ1v) is 9.78. The van der Waals surface area contributed by atoms with Crippen molar-refractivity contribution in [2.24, 2.45) is 0 Å². The number of carbonyl (C=O) groups is 6. The minimum Gasteiger partial charge on any atom is -0.478 e. The molecule has 6 N–H and O–H groups in total. The number of benzene rings is 4. The summed E-state index contributed by atoms with van der Waals surface area (Å²) in [6.07, 6.45) is 0. The molecule has 0 atom stereocenters. The van der Waals surface area contributed by atoms with Gasteiger partial charge in [-0.05, 0) is 68.7 Å². The lowest BCUT2D eigenvalue weighted by Gasteiger charge is -2.16. The molecule has 0 aliphatic carbocycles. The number of rotatable bonds is 6. The Labute approximate surface area is 197 Å². The van der Waals surface area contributed by atoms with E-state index in [0.29, 0.717) is 0 Å². The van der Waals surface area contributed by atoms with Crippen molar-refractivity contribution in [2.45, 2.75) is 0 Å². The van der Waals surface area contributed by atoms with Crippen LogP contribution < -0.4 is 0 Å². The van der Waals surface area contributed by atoms with Crippen molar-refractivity contribution in [1.82, 2.24) is 0 Å². The second kappa shape index (κ2) is 8.06. The van der Waals surface area contributed by atoms with Gasteiger partial charge < -0.3 is 30.6 Å². The van der Waals surface area contributed by atoms with E-state index >= 15 is 0 Å². The smallest absolute Gasteiger partial charge is 0.336 e. The Bertz CT molecular complexity index is 1390. The molecule has 0 spiro atoms. The third kappa shape index (κ3) is 3.49. The molecule has 4 aromatic carbocycles. The standard InChI is InChI=1S/C24H12O12/c25-19(26)13-1-7-8(2-14(13)20(27)28)10-4-17(23(33)34)18(24(35)36)6-12(10)11-5-16(22(31)32)15(21(29)30)3-9(7)11/h1-6H,(H,25,26)(H,27,28)(H,29,30)(H,31,32)(H,33,34)(H,35,36). The summed E-state index contributed by atoms with van der Waals surface area (Å²) in [5.74, 6) is -9.69. The molecule has 0 heterocycles. The first-order chi connectivity index (χ1) is 16.8. The first-order valence-electron chi connectivity index (χ1n) is 9.78. The average molecular weight is 492 g/mol. The van der Waals surface area contributed by atoms with Gasteiger partial charge in [0, 0.05) is 0 Å². The van der Waals surface area contributed by atoms with Crippen LogP contribution in [0.15, 0.2) is 36.4 Å². The van der Waals surface area contributed by atoms with Gasteiger partial charge in [0.1, 0.15) is 0 Å². The Morgan fingerprint density at radius 2 is 0.417 bits per heavy atom. The Kier molecular flexibility index (Phi) is 5.29. The Balaban J connectivity index is 2.42. The molecule has 0 saturated carbocycles. The maximum absolute atomic E-state index is 11.8. The van der Waals surface area contributed by atoms with Crippen LogP contribution in [-0.2, 0) is 0 Å². The van der Waals surface area contributed by atoms with E-state index in [1.54, 1.807) is 0 Å². The number of fused-ring (bicyclic) bond motifs is 6. The molecule has 0 radical (unpaired) electrons. The molecular formula is C24H12O12. The highest BCUT2D eigenvalue weighted by molar-refractivity contribution is 6.29. The van der Waals surface area contributed by atoms with Crippen LogP contribution in [-0.4, -0.2) is 66.5 Å². The van der Waals surface area contributed by atoms with E-state index in [0.717, 1.165) is 36.4 Å². The maximum atomic E-state index is 11.8. The van der Waals surface area contributed by atoms with Gasteiger partial charge in [-0.2, -0.15) is 0 Å². The van der Waals surface area contributed by atoms with Gasteiger partial charge in [0.15, 0.2) is 0 Å².